The van der Waals surface area contributed by atoms with E-state index >= 15 is 0 Å². The van der Waals surface area contributed by atoms with E-state index in [2.05, 4.69) is 20.4 Å². The fraction of sp³-hybridized carbons (Fsp3) is 0.611. The maximum Gasteiger partial charge on any atom is 0.387 e. The Kier molecular flexibility index (Phi) is 12.0. The van der Waals surface area contributed by atoms with Gasteiger partial charge in [0.15, 0.2) is 15.8 Å². The third-order valence-electron chi connectivity index (χ3n) is 3.85. The van der Waals surface area contributed by atoms with Crippen molar-refractivity contribution in [2.24, 2.45) is 4.99 Å². The highest BCUT2D eigenvalue weighted by atomic mass is 127. The molecule has 1 atom stereocenters. The van der Waals surface area contributed by atoms with Crippen LogP contribution in [0.2, 0.25) is 0 Å². The maximum atomic E-state index is 12.2. The van der Waals surface area contributed by atoms with Crippen molar-refractivity contribution in [3.63, 3.8) is 0 Å². The van der Waals surface area contributed by atoms with Gasteiger partial charge in [0.1, 0.15) is 5.75 Å². The fourth-order valence-electron chi connectivity index (χ4n) is 2.11. The summed E-state index contributed by atoms with van der Waals surface area (Å²) in [4.78, 5) is 4.24. The van der Waals surface area contributed by atoms with Crippen LogP contribution >= 0.6 is 24.0 Å². The summed E-state index contributed by atoms with van der Waals surface area (Å²) in [6, 6.07) is 5.65. The summed E-state index contributed by atoms with van der Waals surface area (Å²) in [5.41, 5.74) is 0.497. The van der Waals surface area contributed by atoms with Crippen molar-refractivity contribution >= 4 is 39.8 Å². The van der Waals surface area contributed by atoms with Crippen molar-refractivity contribution in [3.8, 4) is 5.75 Å². The molecule has 168 valence electrons. The lowest BCUT2D eigenvalue weighted by Gasteiger charge is -2.20. The van der Waals surface area contributed by atoms with Crippen LogP contribution in [0, 0.1) is 0 Å². The van der Waals surface area contributed by atoms with Gasteiger partial charge in [-0.25, -0.2) is 8.42 Å². The molecule has 0 aliphatic carbocycles. The number of benzene rings is 1. The molecule has 1 aromatic rings. The summed E-state index contributed by atoms with van der Waals surface area (Å²) in [5, 5.41) is 16.1. The number of halogens is 3. The van der Waals surface area contributed by atoms with Crippen LogP contribution in [0.5, 0.6) is 5.75 Å². The van der Waals surface area contributed by atoms with Crippen molar-refractivity contribution in [1.82, 2.24) is 10.6 Å². The van der Waals surface area contributed by atoms with Crippen molar-refractivity contribution in [2.45, 2.75) is 45.2 Å². The smallest absolute Gasteiger partial charge is 0.387 e. The highest BCUT2D eigenvalue weighted by Crippen LogP contribution is 2.19. The molecule has 0 aliphatic heterocycles. The number of alkyl halides is 2. The lowest BCUT2D eigenvalue weighted by atomic mass is 10.1. The molecule has 7 nitrogen and oxygen atoms in total. The summed E-state index contributed by atoms with van der Waals surface area (Å²) < 4.78 is 52.0. The number of guanidine groups is 1. The summed E-state index contributed by atoms with van der Waals surface area (Å²) in [5.74, 6) is 0.336. The molecular formula is C18H30F2IN3O4S. The molecule has 1 aromatic carbocycles. The predicted octanol–water partition coefficient (Wildman–Crippen LogP) is 2.71. The molecule has 0 radical (unpaired) electrons. The lowest BCUT2D eigenvalue weighted by Crippen LogP contribution is -2.42. The maximum absolute atomic E-state index is 12.2. The number of aliphatic hydroxyl groups is 1. The van der Waals surface area contributed by atoms with Crippen LogP contribution in [-0.4, -0.2) is 56.2 Å². The predicted molar refractivity (Wildman–Crippen MR) is 121 cm³/mol. The van der Waals surface area contributed by atoms with E-state index in [9.17, 15) is 22.3 Å². The van der Waals surface area contributed by atoms with E-state index in [4.69, 9.17) is 0 Å². The molecule has 0 aromatic heterocycles. The third-order valence-corrected chi connectivity index (χ3v) is 6.46. The van der Waals surface area contributed by atoms with Gasteiger partial charge in [0, 0.05) is 13.1 Å². The number of aliphatic hydroxyl groups excluding tert-OH is 1. The van der Waals surface area contributed by atoms with E-state index < -0.39 is 27.3 Å². The molecule has 29 heavy (non-hydrogen) atoms. The normalized spacial score (nSPS) is 13.6. The van der Waals surface area contributed by atoms with Gasteiger partial charge in [0.2, 0.25) is 0 Å². The zero-order valence-corrected chi connectivity index (χ0v) is 20.1. The molecule has 0 saturated carbocycles. The summed E-state index contributed by atoms with van der Waals surface area (Å²) in [6.07, 6.45) is -0.950. The number of nitrogens with one attached hydrogen (secondary N) is 2. The van der Waals surface area contributed by atoms with Gasteiger partial charge in [-0.15, -0.1) is 24.0 Å². The Morgan fingerprint density at radius 1 is 1.21 bits per heavy atom. The monoisotopic (exact) mass is 549 g/mol. The first-order chi connectivity index (χ1) is 13.0. The van der Waals surface area contributed by atoms with Crippen LogP contribution in [0.1, 0.15) is 39.4 Å². The summed E-state index contributed by atoms with van der Waals surface area (Å²) >= 11 is 0. The average molecular weight is 549 g/mol. The van der Waals surface area contributed by atoms with Gasteiger partial charge in [-0.2, -0.15) is 8.78 Å². The highest BCUT2D eigenvalue weighted by molar-refractivity contribution is 14.0. The first-order valence-corrected chi connectivity index (χ1v) is 10.6. The Balaban J connectivity index is 0.00000784. The van der Waals surface area contributed by atoms with Crippen molar-refractivity contribution < 1.29 is 27.0 Å². The van der Waals surface area contributed by atoms with Crippen LogP contribution < -0.4 is 15.4 Å². The Hall–Kier alpha value is -1.21. The van der Waals surface area contributed by atoms with E-state index in [1.165, 1.54) is 24.3 Å². The first kappa shape index (κ1) is 27.8. The van der Waals surface area contributed by atoms with Crippen LogP contribution in [-0.2, 0) is 9.84 Å². The van der Waals surface area contributed by atoms with Crippen molar-refractivity contribution in [1.29, 1.82) is 0 Å². The molecule has 0 amide bonds. The SMILES string of the molecule is CCNC(=NCC(O)c1ccc(OC(F)F)cc1)NCCS(=O)(=O)C(C)(C)C.I. The molecule has 0 bridgehead atoms. The van der Waals surface area contributed by atoms with Crippen LogP contribution in [0.25, 0.3) is 0 Å². The second-order valence-electron chi connectivity index (χ2n) is 7.04. The van der Waals surface area contributed by atoms with Gasteiger partial charge in [-0.05, 0) is 45.4 Å². The average Bonchev–Trinajstić information content (AvgIpc) is 2.58. The quantitative estimate of drug-likeness (QED) is 0.249. The molecule has 0 saturated heterocycles. The van der Waals surface area contributed by atoms with Crippen molar-refractivity contribution in [3.05, 3.63) is 29.8 Å². The minimum atomic E-state index is -3.26. The van der Waals surface area contributed by atoms with E-state index in [-0.39, 0.29) is 48.6 Å². The number of nitrogens with zero attached hydrogens (tertiary/aromatic N) is 1. The topological polar surface area (TPSA) is 100 Å². The van der Waals surface area contributed by atoms with E-state index in [1.54, 1.807) is 20.8 Å². The molecule has 1 rings (SSSR count). The van der Waals surface area contributed by atoms with Gasteiger partial charge >= 0.3 is 6.61 Å². The van der Waals surface area contributed by atoms with Gasteiger partial charge < -0.3 is 20.5 Å². The Labute approximate surface area is 188 Å². The van der Waals surface area contributed by atoms with Crippen LogP contribution in [0.4, 0.5) is 8.78 Å². The first-order valence-electron chi connectivity index (χ1n) is 8.93. The van der Waals surface area contributed by atoms with E-state index in [1.807, 2.05) is 6.92 Å². The molecule has 1 unspecified atom stereocenters. The van der Waals surface area contributed by atoms with Crippen molar-refractivity contribution in [2.75, 3.05) is 25.4 Å². The third kappa shape index (κ3) is 9.90. The zero-order chi connectivity index (χ0) is 21.4. The standard InChI is InChI=1S/C18H29F2N3O4S.HI/c1-5-21-17(22-10-11-28(25,26)18(2,3)4)23-12-15(24)13-6-8-14(9-7-13)27-16(19)20;/h6-9,15-16,24H,5,10-12H2,1-4H3,(H2,21,22,23);1H. The number of hydrogen-bond donors (Lipinski definition) is 3. The Morgan fingerprint density at radius 3 is 2.28 bits per heavy atom. The second kappa shape index (κ2) is 12.5. The molecule has 3 N–H and O–H groups in total. The Morgan fingerprint density at radius 2 is 1.79 bits per heavy atom. The molecule has 0 fully saturated rings. The number of aliphatic imine (C=N–C) groups is 1. The second-order valence-corrected chi connectivity index (χ2v) is 9.90. The fourth-order valence-corrected chi connectivity index (χ4v) is 3.09. The van der Waals surface area contributed by atoms with E-state index in [0.717, 1.165) is 0 Å². The number of rotatable bonds is 9. The zero-order valence-electron chi connectivity index (χ0n) is 17.0. The summed E-state index contributed by atoms with van der Waals surface area (Å²) in [7, 11) is -3.26. The Bertz CT molecular complexity index is 738. The van der Waals surface area contributed by atoms with Crippen LogP contribution in [0.15, 0.2) is 29.3 Å². The highest BCUT2D eigenvalue weighted by Gasteiger charge is 2.28. The largest absolute Gasteiger partial charge is 0.435 e. The molecule has 0 heterocycles. The number of ether oxygens (including phenoxy) is 1. The van der Waals surface area contributed by atoms with Gasteiger partial charge in [0.25, 0.3) is 0 Å². The molecule has 0 aliphatic rings. The molecular weight excluding hydrogens is 519 g/mol. The molecule has 0 spiro atoms. The van der Waals surface area contributed by atoms with Gasteiger partial charge in [-0.3, -0.25) is 4.99 Å². The molecule has 11 heteroatoms. The number of hydrogen-bond acceptors (Lipinski definition) is 5. The van der Waals surface area contributed by atoms with Gasteiger partial charge in [0.05, 0.1) is 23.1 Å². The number of sulfone groups is 1. The minimum Gasteiger partial charge on any atom is -0.435 e. The van der Waals surface area contributed by atoms with Gasteiger partial charge in [-0.1, -0.05) is 12.1 Å². The van der Waals surface area contributed by atoms with E-state index in [0.29, 0.717) is 18.1 Å². The summed E-state index contributed by atoms with van der Waals surface area (Å²) in [6.45, 7) is 4.66. The minimum absolute atomic E-state index is 0. The lowest BCUT2D eigenvalue weighted by molar-refractivity contribution is -0.0498. The van der Waals surface area contributed by atoms with Crippen LogP contribution in [0.3, 0.4) is 0 Å².